The third kappa shape index (κ3) is 4.86. The van der Waals surface area contributed by atoms with Gasteiger partial charge in [0.25, 0.3) is 0 Å². The van der Waals surface area contributed by atoms with Crippen molar-refractivity contribution < 1.29 is 4.79 Å². The predicted octanol–water partition coefficient (Wildman–Crippen LogP) is 3.30. The van der Waals surface area contributed by atoms with Crippen LogP contribution in [0.2, 0.25) is 5.02 Å². The summed E-state index contributed by atoms with van der Waals surface area (Å²) in [5, 5.41) is 3.69. The second-order valence-corrected chi connectivity index (χ2v) is 5.93. The normalized spacial score (nSPS) is 12.2. The molecule has 0 unspecified atom stereocenters. The van der Waals surface area contributed by atoms with Gasteiger partial charge >= 0.3 is 0 Å². The van der Waals surface area contributed by atoms with E-state index in [-0.39, 0.29) is 11.9 Å². The average molecular weight is 317 g/mol. The van der Waals surface area contributed by atoms with Crippen LogP contribution >= 0.6 is 11.6 Å². The molecule has 4 heteroatoms. The molecule has 1 N–H and O–H groups in total. The molecule has 2 rings (SSSR count). The first-order valence-corrected chi connectivity index (χ1v) is 7.66. The van der Waals surface area contributed by atoms with E-state index in [2.05, 4.69) is 22.3 Å². The molecule has 0 radical (unpaired) electrons. The number of halogens is 1. The van der Waals surface area contributed by atoms with Gasteiger partial charge in [0.05, 0.1) is 12.5 Å². The van der Waals surface area contributed by atoms with Crippen molar-refractivity contribution in [1.29, 1.82) is 0 Å². The van der Waals surface area contributed by atoms with Crippen LogP contribution in [0.25, 0.3) is 0 Å². The molecule has 0 saturated heterocycles. The summed E-state index contributed by atoms with van der Waals surface area (Å²) in [6.45, 7) is 0.587. The monoisotopic (exact) mass is 316 g/mol. The van der Waals surface area contributed by atoms with E-state index >= 15 is 0 Å². The molecule has 0 aliphatic heterocycles. The van der Waals surface area contributed by atoms with E-state index in [0.29, 0.717) is 18.0 Å². The summed E-state index contributed by atoms with van der Waals surface area (Å²) < 4.78 is 0. The number of rotatable bonds is 6. The van der Waals surface area contributed by atoms with Crippen molar-refractivity contribution in [3.63, 3.8) is 0 Å². The van der Waals surface area contributed by atoms with Crippen LogP contribution in [0, 0.1) is 0 Å². The fourth-order valence-electron chi connectivity index (χ4n) is 2.33. The van der Waals surface area contributed by atoms with Gasteiger partial charge in [0, 0.05) is 11.6 Å². The van der Waals surface area contributed by atoms with Crippen LogP contribution in [0.3, 0.4) is 0 Å². The summed E-state index contributed by atoms with van der Waals surface area (Å²) in [6.07, 6.45) is 0.367. The molecule has 2 aromatic rings. The van der Waals surface area contributed by atoms with Crippen molar-refractivity contribution in [3.05, 3.63) is 70.7 Å². The maximum atomic E-state index is 12.1. The molecule has 0 aliphatic rings. The molecule has 0 bridgehead atoms. The zero-order chi connectivity index (χ0) is 15.9. The van der Waals surface area contributed by atoms with E-state index in [4.69, 9.17) is 11.6 Å². The Morgan fingerprint density at radius 1 is 1.09 bits per heavy atom. The summed E-state index contributed by atoms with van der Waals surface area (Å²) in [6, 6.07) is 17.7. The average Bonchev–Trinajstić information content (AvgIpc) is 2.50. The first kappa shape index (κ1) is 16.5. The number of carbonyl (C=O) groups is 1. The fourth-order valence-corrected chi connectivity index (χ4v) is 2.46. The van der Waals surface area contributed by atoms with Crippen molar-refractivity contribution in [2.75, 3.05) is 20.6 Å². The number of nitrogens with one attached hydrogen (secondary N) is 1. The second-order valence-electron chi connectivity index (χ2n) is 5.50. The van der Waals surface area contributed by atoms with Gasteiger partial charge in [-0.05, 0) is 37.4 Å². The molecule has 116 valence electrons. The minimum Gasteiger partial charge on any atom is -0.354 e. The van der Waals surface area contributed by atoms with Crippen molar-refractivity contribution >= 4 is 17.5 Å². The minimum atomic E-state index is 0.0186. The molecule has 1 amide bonds. The van der Waals surface area contributed by atoms with E-state index in [1.54, 1.807) is 12.1 Å². The third-order valence-corrected chi connectivity index (χ3v) is 3.83. The van der Waals surface area contributed by atoms with Gasteiger partial charge in [-0.1, -0.05) is 54.1 Å². The molecule has 0 aliphatic carbocycles. The van der Waals surface area contributed by atoms with Crippen LogP contribution in [0.1, 0.15) is 17.2 Å². The molecular weight excluding hydrogens is 296 g/mol. The topological polar surface area (TPSA) is 32.3 Å². The molecule has 0 aromatic heterocycles. The SMILES string of the molecule is CN(C)[C@@H](CNC(=O)Cc1ccc(Cl)cc1)c1ccccc1. The van der Waals surface area contributed by atoms with Gasteiger partial charge in [-0.25, -0.2) is 0 Å². The molecule has 0 heterocycles. The number of hydrogen-bond donors (Lipinski definition) is 1. The molecule has 0 spiro atoms. The molecule has 22 heavy (non-hydrogen) atoms. The van der Waals surface area contributed by atoms with Gasteiger partial charge in [-0.3, -0.25) is 4.79 Å². The van der Waals surface area contributed by atoms with Gasteiger partial charge < -0.3 is 10.2 Å². The van der Waals surface area contributed by atoms with Crippen LogP contribution in [0.5, 0.6) is 0 Å². The van der Waals surface area contributed by atoms with E-state index in [1.807, 2.05) is 44.4 Å². The third-order valence-electron chi connectivity index (χ3n) is 3.58. The Morgan fingerprint density at radius 2 is 1.73 bits per heavy atom. The van der Waals surface area contributed by atoms with Crippen LogP contribution in [-0.2, 0) is 11.2 Å². The summed E-state index contributed by atoms with van der Waals surface area (Å²) >= 11 is 5.85. The lowest BCUT2D eigenvalue weighted by atomic mass is 10.1. The van der Waals surface area contributed by atoms with Crippen LogP contribution < -0.4 is 5.32 Å². The zero-order valence-corrected chi connectivity index (χ0v) is 13.7. The van der Waals surface area contributed by atoms with E-state index in [0.717, 1.165) is 5.56 Å². The lowest BCUT2D eigenvalue weighted by molar-refractivity contribution is -0.120. The van der Waals surface area contributed by atoms with E-state index < -0.39 is 0 Å². The zero-order valence-electron chi connectivity index (χ0n) is 12.9. The van der Waals surface area contributed by atoms with Gasteiger partial charge in [0.2, 0.25) is 5.91 Å². The lowest BCUT2D eigenvalue weighted by Crippen LogP contribution is -2.35. The van der Waals surface area contributed by atoms with Gasteiger partial charge in [-0.2, -0.15) is 0 Å². The maximum Gasteiger partial charge on any atom is 0.224 e. The Balaban J connectivity index is 1.92. The number of amides is 1. The summed E-state index contributed by atoms with van der Waals surface area (Å²) in [7, 11) is 4.03. The first-order chi connectivity index (χ1) is 10.6. The van der Waals surface area contributed by atoms with E-state index in [1.165, 1.54) is 5.56 Å². The van der Waals surface area contributed by atoms with Crippen LogP contribution in [0.15, 0.2) is 54.6 Å². The first-order valence-electron chi connectivity index (χ1n) is 7.29. The molecule has 1 atom stereocenters. The number of nitrogens with zero attached hydrogens (tertiary/aromatic N) is 1. The highest BCUT2D eigenvalue weighted by atomic mass is 35.5. The Kier molecular flexibility index (Phi) is 5.99. The molecular formula is C18H21ClN2O. The number of hydrogen-bond acceptors (Lipinski definition) is 2. The van der Waals surface area contributed by atoms with Gasteiger partial charge in [0.15, 0.2) is 0 Å². The molecule has 0 fully saturated rings. The van der Waals surface area contributed by atoms with Crippen molar-refractivity contribution in [1.82, 2.24) is 10.2 Å². The molecule has 0 saturated carbocycles. The standard InChI is InChI=1S/C18H21ClN2O/c1-21(2)17(15-6-4-3-5-7-15)13-20-18(22)12-14-8-10-16(19)11-9-14/h3-11,17H,12-13H2,1-2H3,(H,20,22)/t17-/m0/s1. The quantitative estimate of drug-likeness (QED) is 0.887. The van der Waals surface area contributed by atoms with Crippen molar-refractivity contribution in [2.24, 2.45) is 0 Å². The Morgan fingerprint density at radius 3 is 2.32 bits per heavy atom. The smallest absolute Gasteiger partial charge is 0.224 e. The molecule has 2 aromatic carbocycles. The summed E-state index contributed by atoms with van der Waals surface area (Å²) in [4.78, 5) is 14.2. The number of benzene rings is 2. The highest BCUT2D eigenvalue weighted by Crippen LogP contribution is 2.16. The Hall–Kier alpha value is -1.84. The van der Waals surface area contributed by atoms with Gasteiger partial charge in [-0.15, -0.1) is 0 Å². The highest BCUT2D eigenvalue weighted by molar-refractivity contribution is 6.30. The summed E-state index contributed by atoms with van der Waals surface area (Å²) in [5.74, 6) is 0.0186. The lowest BCUT2D eigenvalue weighted by Gasteiger charge is -2.25. The number of carbonyl (C=O) groups excluding carboxylic acids is 1. The highest BCUT2D eigenvalue weighted by Gasteiger charge is 2.14. The summed E-state index contributed by atoms with van der Waals surface area (Å²) in [5.41, 5.74) is 2.15. The van der Waals surface area contributed by atoms with Crippen LogP contribution in [0.4, 0.5) is 0 Å². The van der Waals surface area contributed by atoms with E-state index in [9.17, 15) is 4.79 Å². The Bertz CT molecular complexity index is 596. The van der Waals surface area contributed by atoms with Crippen molar-refractivity contribution in [2.45, 2.75) is 12.5 Å². The van der Waals surface area contributed by atoms with Crippen molar-refractivity contribution in [3.8, 4) is 0 Å². The van der Waals surface area contributed by atoms with Crippen LogP contribution in [-0.4, -0.2) is 31.4 Å². The Labute approximate surface area is 136 Å². The molecule has 3 nitrogen and oxygen atoms in total. The maximum absolute atomic E-state index is 12.1. The largest absolute Gasteiger partial charge is 0.354 e. The second kappa shape index (κ2) is 7.97. The van der Waals surface area contributed by atoms with Gasteiger partial charge in [0.1, 0.15) is 0 Å². The number of likely N-dealkylation sites (N-methyl/N-ethyl adjacent to an activating group) is 1. The predicted molar refractivity (Wildman–Crippen MR) is 91.0 cm³/mol. The fraction of sp³-hybridized carbons (Fsp3) is 0.278. The minimum absolute atomic E-state index is 0.0186.